The minimum atomic E-state index is -0.736. The van der Waals surface area contributed by atoms with E-state index in [1.807, 2.05) is 37.3 Å². The maximum absolute atomic E-state index is 10.1. The molecular weight excluding hydrogens is 306 g/mol. The van der Waals surface area contributed by atoms with Crippen LogP contribution in [0.3, 0.4) is 0 Å². The van der Waals surface area contributed by atoms with Crippen LogP contribution in [0.2, 0.25) is 0 Å². The lowest BCUT2D eigenvalue weighted by atomic mass is 10.1. The highest BCUT2D eigenvalue weighted by molar-refractivity contribution is 9.10. The summed E-state index contributed by atoms with van der Waals surface area (Å²) in [6.45, 7) is 2.14. The minimum Gasteiger partial charge on any atom is -0.490 e. The Hall–Kier alpha value is -1.52. The topological polar surface area (TPSA) is 55.5 Å². The third kappa shape index (κ3) is 3.49. The summed E-state index contributed by atoms with van der Waals surface area (Å²) < 4.78 is 6.60. The van der Waals surface area contributed by atoms with Crippen molar-refractivity contribution in [1.82, 2.24) is 0 Å². The van der Waals surface area contributed by atoms with Gasteiger partial charge < -0.3 is 15.6 Å². The number of ether oxygens (including phenoxy) is 1. The first kappa shape index (κ1) is 13.9. The number of rotatable bonds is 4. The fraction of sp³-hybridized carbons (Fsp3) is 0.200. The highest BCUT2D eigenvalue weighted by atomic mass is 79.9. The Morgan fingerprint density at radius 1 is 1.26 bits per heavy atom. The van der Waals surface area contributed by atoms with Crippen molar-refractivity contribution in [2.24, 2.45) is 0 Å². The van der Waals surface area contributed by atoms with Crippen molar-refractivity contribution in [3.8, 4) is 5.75 Å². The van der Waals surface area contributed by atoms with Crippen LogP contribution in [0.1, 0.15) is 17.2 Å². The van der Waals surface area contributed by atoms with E-state index in [1.54, 1.807) is 12.1 Å². The Balaban J connectivity index is 2.06. The summed E-state index contributed by atoms with van der Waals surface area (Å²) in [6.07, 6.45) is -0.736. The van der Waals surface area contributed by atoms with Gasteiger partial charge in [0.2, 0.25) is 0 Å². The summed E-state index contributed by atoms with van der Waals surface area (Å²) >= 11 is 3.40. The molecule has 1 unspecified atom stereocenters. The SMILES string of the molecule is Cc1ccc(Br)cc1OCC(O)c1ccccc1N. The first-order valence-corrected chi connectivity index (χ1v) is 6.78. The standard InChI is InChI=1S/C15H16BrNO2/c1-10-6-7-11(16)8-15(10)19-9-14(18)12-4-2-3-5-13(12)17/h2-8,14,18H,9,17H2,1H3. The number of aliphatic hydroxyl groups is 1. The molecule has 0 aliphatic carbocycles. The molecule has 0 saturated carbocycles. The zero-order valence-electron chi connectivity index (χ0n) is 10.6. The van der Waals surface area contributed by atoms with Crippen molar-refractivity contribution in [3.63, 3.8) is 0 Å². The maximum Gasteiger partial charge on any atom is 0.123 e. The van der Waals surface area contributed by atoms with Crippen LogP contribution in [-0.2, 0) is 0 Å². The number of halogens is 1. The summed E-state index contributed by atoms with van der Waals surface area (Å²) in [5.74, 6) is 0.753. The largest absolute Gasteiger partial charge is 0.490 e. The third-order valence-electron chi connectivity index (χ3n) is 2.90. The van der Waals surface area contributed by atoms with Crippen molar-refractivity contribution in [1.29, 1.82) is 0 Å². The average Bonchev–Trinajstić information content (AvgIpc) is 2.40. The molecule has 0 heterocycles. The molecule has 0 spiro atoms. The number of aliphatic hydroxyl groups excluding tert-OH is 1. The molecule has 19 heavy (non-hydrogen) atoms. The minimum absolute atomic E-state index is 0.172. The molecule has 1 atom stereocenters. The first-order chi connectivity index (χ1) is 9.08. The van der Waals surface area contributed by atoms with Crippen molar-refractivity contribution in [2.75, 3.05) is 12.3 Å². The number of nitrogens with two attached hydrogens (primary N) is 1. The summed E-state index contributed by atoms with van der Waals surface area (Å²) in [7, 11) is 0. The number of hydrogen-bond acceptors (Lipinski definition) is 3. The molecule has 3 N–H and O–H groups in total. The first-order valence-electron chi connectivity index (χ1n) is 5.99. The second kappa shape index (κ2) is 6.08. The molecular formula is C15H16BrNO2. The molecule has 2 aromatic carbocycles. The summed E-state index contributed by atoms with van der Waals surface area (Å²) in [5, 5.41) is 10.1. The lowest BCUT2D eigenvalue weighted by Gasteiger charge is -2.15. The zero-order chi connectivity index (χ0) is 13.8. The quantitative estimate of drug-likeness (QED) is 0.848. The molecule has 0 fully saturated rings. The molecule has 100 valence electrons. The van der Waals surface area contributed by atoms with Crippen molar-refractivity contribution in [2.45, 2.75) is 13.0 Å². The van der Waals surface area contributed by atoms with E-state index in [4.69, 9.17) is 10.5 Å². The van der Waals surface area contributed by atoms with Crippen molar-refractivity contribution in [3.05, 3.63) is 58.1 Å². The van der Waals surface area contributed by atoms with Gasteiger partial charge in [0.1, 0.15) is 18.5 Å². The zero-order valence-corrected chi connectivity index (χ0v) is 12.2. The Kier molecular flexibility index (Phi) is 4.45. The van der Waals surface area contributed by atoms with Gasteiger partial charge in [-0.05, 0) is 30.7 Å². The Morgan fingerprint density at radius 3 is 2.74 bits per heavy atom. The van der Waals surface area contributed by atoms with E-state index in [9.17, 15) is 5.11 Å². The smallest absolute Gasteiger partial charge is 0.123 e. The molecule has 0 bridgehead atoms. The molecule has 4 heteroatoms. The monoisotopic (exact) mass is 321 g/mol. The third-order valence-corrected chi connectivity index (χ3v) is 3.40. The van der Waals surface area contributed by atoms with Gasteiger partial charge in [0.05, 0.1) is 0 Å². The number of hydrogen-bond donors (Lipinski definition) is 2. The lowest BCUT2D eigenvalue weighted by Crippen LogP contribution is -2.12. The second-order valence-corrected chi connectivity index (χ2v) is 5.28. The van der Waals surface area contributed by atoms with Crippen LogP contribution in [0, 0.1) is 6.92 Å². The van der Waals surface area contributed by atoms with Gasteiger partial charge in [-0.3, -0.25) is 0 Å². The molecule has 2 aromatic rings. The maximum atomic E-state index is 10.1. The normalized spacial score (nSPS) is 12.2. The number of aryl methyl sites for hydroxylation is 1. The molecule has 3 nitrogen and oxygen atoms in total. The Morgan fingerprint density at radius 2 is 2.00 bits per heavy atom. The van der Waals surface area contributed by atoms with Crippen LogP contribution in [0.25, 0.3) is 0 Å². The molecule has 0 amide bonds. The second-order valence-electron chi connectivity index (χ2n) is 4.37. The van der Waals surface area contributed by atoms with Gasteiger partial charge in [0.15, 0.2) is 0 Å². The predicted molar refractivity (Wildman–Crippen MR) is 80.2 cm³/mol. The molecule has 0 radical (unpaired) electrons. The summed E-state index contributed by atoms with van der Waals surface area (Å²) in [5.41, 5.74) is 8.11. The van der Waals surface area contributed by atoms with Gasteiger partial charge in [0.25, 0.3) is 0 Å². The van der Waals surface area contributed by atoms with Crippen LogP contribution in [0.15, 0.2) is 46.9 Å². The van der Waals surface area contributed by atoms with Gasteiger partial charge in [-0.1, -0.05) is 40.2 Å². The van der Waals surface area contributed by atoms with E-state index < -0.39 is 6.10 Å². The lowest BCUT2D eigenvalue weighted by molar-refractivity contribution is 0.108. The van der Waals surface area contributed by atoms with Crippen molar-refractivity contribution < 1.29 is 9.84 Å². The number of para-hydroxylation sites is 1. The number of benzene rings is 2. The fourth-order valence-corrected chi connectivity index (χ4v) is 2.14. The molecule has 2 rings (SSSR count). The van der Waals surface area contributed by atoms with Gasteiger partial charge >= 0.3 is 0 Å². The Labute approximate surface area is 121 Å². The van der Waals surface area contributed by atoms with E-state index >= 15 is 0 Å². The highest BCUT2D eigenvalue weighted by Gasteiger charge is 2.12. The van der Waals surface area contributed by atoms with Gasteiger partial charge in [-0.25, -0.2) is 0 Å². The van der Waals surface area contributed by atoms with E-state index in [1.165, 1.54) is 0 Å². The van der Waals surface area contributed by atoms with Crippen LogP contribution in [-0.4, -0.2) is 11.7 Å². The summed E-state index contributed by atoms with van der Waals surface area (Å²) in [4.78, 5) is 0. The molecule has 0 saturated heterocycles. The number of anilines is 1. The Bertz CT molecular complexity index is 572. The molecule has 0 aliphatic heterocycles. The average molecular weight is 322 g/mol. The summed E-state index contributed by atoms with van der Waals surface area (Å²) in [6, 6.07) is 13.1. The van der Waals surface area contributed by atoms with Gasteiger partial charge in [-0.15, -0.1) is 0 Å². The van der Waals surface area contributed by atoms with E-state index in [2.05, 4.69) is 15.9 Å². The van der Waals surface area contributed by atoms with Gasteiger partial charge in [0, 0.05) is 15.7 Å². The van der Waals surface area contributed by atoms with E-state index in [0.717, 1.165) is 15.8 Å². The fourth-order valence-electron chi connectivity index (χ4n) is 1.80. The van der Waals surface area contributed by atoms with E-state index in [-0.39, 0.29) is 6.61 Å². The predicted octanol–water partition coefficient (Wildman–Crippen LogP) is 3.45. The highest BCUT2D eigenvalue weighted by Crippen LogP contribution is 2.25. The van der Waals surface area contributed by atoms with E-state index in [0.29, 0.717) is 11.3 Å². The molecule has 0 aromatic heterocycles. The number of nitrogen functional groups attached to an aromatic ring is 1. The van der Waals surface area contributed by atoms with Crippen LogP contribution in [0.5, 0.6) is 5.75 Å². The van der Waals surface area contributed by atoms with Crippen molar-refractivity contribution >= 4 is 21.6 Å². The van der Waals surface area contributed by atoms with Crippen LogP contribution >= 0.6 is 15.9 Å². The molecule has 0 aliphatic rings. The van der Waals surface area contributed by atoms with Crippen LogP contribution in [0.4, 0.5) is 5.69 Å². The van der Waals surface area contributed by atoms with Gasteiger partial charge in [-0.2, -0.15) is 0 Å². The van der Waals surface area contributed by atoms with Crippen LogP contribution < -0.4 is 10.5 Å².